The molecule has 0 spiro atoms. The molecule has 4 nitrogen and oxygen atoms in total. The van der Waals surface area contributed by atoms with E-state index in [-0.39, 0.29) is 5.92 Å². The first-order chi connectivity index (χ1) is 7.29. The fourth-order valence-corrected chi connectivity index (χ4v) is 2.06. The van der Waals surface area contributed by atoms with Crippen molar-refractivity contribution in [3.63, 3.8) is 0 Å². The number of rotatable bonds is 3. The van der Waals surface area contributed by atoms with Crippen LogP contribution in [0.1, 0.15) is 30.9 Å². The minimum absolute atomic E-state index is 0.154. The van der Waals surface area contributed by atoms with E-state index in [1.54, 1.807) is 6.20 Å². The van der Waals surface area contributed by atoms with E-state index >= 15 is 0 Å². The van der Waals surface area contributed by atoms with Crippen LogP contribution < -0.4 is 5.32 Å². The van der Waals surface area contributed by atoms with Crippen LogP contribution in [0.4, 0.5) is 0 Å². The van der Waals surface area contributed by atoms with Crippen LogP contribution in [0, 0.1) is 24.2 Å². The van der Waals surface area contributed by atoms with Crippen LogP contribution >= 0.6 is 0 Å². The van der Waals surface area contributed by atoms with E-state index in [9.17, 15) is 0 Å². The average molecular weight is 205 g/mol. The summed E-state index contributed by atoms with van der Waals surface area (Å²) < 4.78 is 5.36. The fraction of sp³-hybridized carbons (Fsp3) is 0.636. The number of aromatic nitrogens is 1. The van der Waals surface area contributed by atoms with E-state index in [2.05, 4.69) is 16.4 Å². The minimum Gasteiger partial charge on any atom is -0.445 e. The molecule has 0 radical (unpaired) electrons. The zero-order chi connectivity index (χ0) is 10.7. The molecule has 1 fully saturated rings. The molecule has 1 N–H and O–H groups in total. The summed E-state index contributed by atoms with van der Waals surface area (Å²) in [5.41, 5.74) is 0. The van der Waals surface area contributed by atoms with Crippen LogP contribution in [0.5, 0.6) is 0 Å². The second-order valence-electron chi connectivity index (χ2n) is 4.02. The fourth-order valence-electron chi connectivity index (χ4n) is 2.06. The molecule has 1 aliphatic rings. The van der Waals surface area contributed by atoms with Crippen LogP contribution in [0.15, 0.2) is 10.6 Å². The zero-order valence-corrected chi connectivity index (χ0v) is 8.86. The maximum atomic E-state index is 8.91. The Kier molecular flexibility index (Phi) is 3.02. The van der Waals surface area contributed by atoms with Crippen molar-refractivity contribution >= 4 is 0 Å². The second kappa shape index (κ2) is 4.45. The molecule has 1 aromatic heterocycles. The lowest BCUT2D eigenvalue weighted by Gasteiger charge is -2.13. The standard InChI is InChI=1S/C11H15N3O/c1-8-6-14-11(15-8)7-13-10-4-2-3-9(10)5-12/h6,9-10,13H,2-4,7H2,1H3. The lowest BCUT2D eigenvalue weighted by molar-refractivity contribution is 0.402. The molecule has 0 amide bonds. The van der Waals surface area contributed by atoms with Crippen molar-refractivity contribution in [1.82, 2.24) is 10.3 Å². The molecule has 1 heterocycles. The lowest BCUT2D eigenvalue weighted by atomic mass is 10.1. The smallest absolute Gasteiger partial charge is 0.208 e. The number of hydrogen-bond donors (Lipinski definition) is 1. The van der Waals surface area contributed by atoms with Gasteiger partial charge in [0.05, 0.1) is 24.7 Å². The molecular formula is C11H15N3O. The van der Waals surface area contributed by atoms with Gasteiger partial charge < -0.3 is 9.73 Å². The topological polar surface area (TPSA) is 61.9 Å². The van der Waals surface area contributed by atoms with Gasteiger partial charge in [0, 0.05) is 6.04 Å². The van der Waals surface area contributed by atoms with Crippen LogP contribution in [0.25, 0.3) is 0 Å². The monoisotopic (exact) mass is 205 g/mol. The van der Waals surface area contributed by atoms with Crippen LogP contribution in [0.2, 0.25) is 0 Å². The maximum absolute atomic E-state index is 8.91. The molecule has 0 aliphatic heterocycles. The maximum Gasteiger partial charge on any atom is 0.208 e. The third kappa shape index (κ3) is 2.37. The Morgan fingerprint density at radius 1 is 1.67 bits per heavy atom. The number of nitriles is 1. The molecule has 2 rings (SSSR count). The van der Waals surface area contributed by atoms with Gasteiger partial charge in [-0.2, -0.15) is 5.26 Å². The van der Waals surface area contributed by atoms with E-state index in [1.165, 1.54) is 0 Å². The Balaban J connectivity index is 1.85. The molecule has 2 atom stereocenters. The van der Waals surface area contributed by atoms with Crippen molar-refractivity contribution in [3.05, 3.63) is 17.8 Å². The van der Waals surface area contributed by atoms with Crippen LogP contribution in [-0.4, -0.2) is 11.0 Å². The molecule has 15 heavy (non-hydrogen) atoms. The first-order valence-electron chi connectivity index (χ1n) is 5.34. The van der Waals surface area contributed by atoms with Gasteiger partial charge in [0.25, 0.3) is 0 Å². The van der Waals surface area contributed by atoms with Crippen LogP contribution in [-0.2, 0) is 6.54 Å². The van der Waals surface area contributed by atoms with Gasteiger partial charge in [-0.1, -0.05) is 6.42 Å². The first-order valence-corrected chi connectivity index (χ1v) is 5.34. The number of hydrogen-bond acceptors (Lipinski definition) is 4. The third-order valence-corrected chi connectivity index (χ3v) is 2.87. The normalized spacial score (nSPS) is 25.3. The van der Waals surface area contributed by atoms with E-state index < -0.39 is 0 Å². The molecule has 0 saturated heterocycles. The van der Waals surface area contributed by atoms with E-state index in [0.717, 1.165) is 25.0 Å². The number of oxazole rings is 1. The summed E-state index contributed by atoms with van der Waals surface area (Å²) in [6.07, 6.45) is 4.95. The lowest BCUT2D eigenvalue weighted by Crippen LogP contribution is -2.31. The highest BCUT2D eigenvalue weighted by atomic mass is 16.4. The molecule has 1 aliphatic carbocycles. The number of nitrogens with one attached hydrogen (secondary N) is 1. The van der Waals surface area contributed by atoms with Crippen molar-refractivity contribution in [3.8, 4) is 6.07 Å². The van der Waals surface area contributed by atoms with Gasteiger partial charge >= 0.3 is 0 Å². The van der Waals surface area contributed by atoms with Gasteiger partial charge in [0.15, 0.2) is 0 Å². The van der Waals surface area contributed by atoms with Crippen molar-refractivity contribution in [1.29, 1.82) is 5.26 Å². The Morgan fingerprint density at radius 2 is 2.53 bits per heavy atom. The zero-order valence-electron chi connectivity index (χ0n) is 8.86. The van der Waals surface area contributed by atoms with Crippen molar-refractivity contribution in [2.24, 2.45) is 5.92 Å². The number of nitrogens with zero attached hydrogens (tertiary/aromatic N) is 2. The molecule has 0 bridgehead atoms. The summed E-state index contributed by atoms with van der Waals surface area (Å²) >= 11 is 0. The molecular weight excluding hydrogens is 190 g/mol. The van der Waals surface area contributed by atoms with Crippen LogP contribution in [0.3, 0.4) is 0 Å². The Bertz CT molecular complexity index is 366. The van der Waals surface area contributed by atoms with E-state index in [4.69, 9.17) is 9.68 Å². The third-order valence-electron chi connectivity index (χ3n) is 2.87. The Labute approximate surface area is 89.3 Å². The second-order valence-corrected chi connectivity index (χ2v) is 4.02. The molecule has 4 heteroatoms. The molecule has 2 unspecified atom stereocenters. The summed E-state index contributed by atoms with van der Waals surface area (Å²) in [5, 5.41) is 12.2. The summed E-state index contributed by atoms with van der Waals surface area (Å²) in [6.45, 7) is 2.50. The summed E-state index contributed by atoms with van der Waals surface area (Å²) in [4.78, 5) is 4.12. The van der Waals surface area contributed by atoms with E-state index in [1.807, 2.05) is 6.92 Å². The van der Waals surface area contributed by atoms with Gasteiger partial charge in [-0.3, -0.25) is 0 Å². The molecule has 1 aromatic rings. The van der Waals surface area contributed by atoms with Gasteiger partial charge in [0.1, 0.15) is 5.76 Å². The summed E-state index contributed by atoms with van der Waals surface area (Å²) in [5.74, 6) is 1.69. The van der Waals surface area contributed by atoms with Crippen molar-refractivity contribution < 1.29 is 4.42 Å². The average Bonchev–Trinajstić information content (AvgIpc) is 2.83. The minimum atomic E-state index is 0.154. The summed E-state index contributed by atoms with van der Waals surface area (Å²) in [6, 6.07) is 2.65. The number of aryl methyl sites for hydroxylation is 1. The molecule has 1 saturated carbocycles. The Morgan fingerprint density at radius 3 is 3.20 bits per heavy atom. The Hall–Kier alpha value is -1.34. The molecule has 80 valence electrons. The van der Waals surface area contributed by atoms with Crippen molar-refractivity contribution in [2.45, 2.75) is 38.8 Å². The van der Waals surface area contributed by atoms with Gasteiger partial charge in [-0.15, -0.1) is 0 Å². The predicted molar refractivity (Wildman–Crippen MR) is 54.8 cm³/mol. The van der Waals surface area contributed by atoms with Gasteiger partial charge in [0.2, 0.25) is 5.89 Å². The predicted octanol–water partition coefficient (Wildman–Crippen LogP) is 1.76. The quantitative estimate of drug-likeness (QED) is 0.816. The largest absolute Gasteiger partial charge is 0.445 e. The first kappa shape index (κ1) is 10.2. The summed E-state index contributed by atoms with van der Waals surface area (Å²) in [7, 11) is 0. The highest BCUT2D eigenvalue weighted by Gasteiger charge is 2.26. The highest BCUT2D eigenvalue weighted by Crippen LogP contribution is 2.24. The SMILES string of the molecule is Cc1cnc(CNC2CCCC2C#N)o1. The van der Waals surface area contributed by atoms with Gasteiger partial charge in [-0.05, 0) is 19.8 Å². The highest BCUT2D eigenvalue weighted by molar-refractivity contribution is 4.97. The molecule has 0 aromatic carbocycles. The van der Waals surface area contributed by atoms with E-state index in [0.29, 0.717) is 18.5 Å². The van der Waals surface area contributed by atoms with Gasteiger partial charge in [-0.25, -0.2) is 4.98 Å². The van der Waals surface area contributed by atoms with Crippen molar-refractivity contribution in [2.75, 3.05) is 0 Å².